The lowest BCUT2D eigenvalue weighted by molar-refractivity contribution is 0.223. The lowest BCUT2D eigenvalue weighted by Gasteiger charge is -2.31. The van der Waals surface area contributed by atoms with Crippen LogP contribution in [0.25, 0.3) is 0 Å². The fraction of sp³-hybridized carbons (Fsp3) is 0.647. The van der Waals surface area contributed by atoms with E-state index in [1.807, 2.05) is 0 Å². The molecule has 2 nitrogen and oxygen atoms in total. The van der Waals surface area contributed by atoms with E-state index in [0.717, 1.165) is 18.2 Å². The number of hydrogen-bond donors (Lipinski definition) is 2. The van der Waals surface area contributed by atoms with Crippen LogP contribution in [0.1, 0.15) is 51.5 Å². The Labute approximate surface area is 121 Å². The van der Waals surface area contributed by atoms with Crippen LogP contribution >= 0.6 is 0 Å². The summed E-state index contributed by atoms with van der Waals surface area (Å²) >= 11 is 0. The second-order valence-corrected chi connectivity index (χ2v) is 6.73. The second-order valence-electron chi connectivity index (χ2n) is 6.73. The SMILES string of the molecule is CC(C)CC1(CNCc2cc(O)cc(F)c2)CCCC1. The summed E-state index contributed by atoms with van der Waals surface area (Å²) in [6, 6.07) is 4.25. The molecule has 1 aromatic carbocycles. The number of rotatable bonds is 6. The zero-order valence-corrected chi connectivity index (χ0v) is 12.6. The first-order valence-electron chi connectivity index (χ1n) is 7.68. The molecule has 112 valence electrons. The Hall–Kier alpha value is -1.09. The van der Waals surface area contributed by atoms with Crippen molar-refractivity contribution in [2.75, 3.05) is 6.54 Å². The highest BCUT2D eigenvalue weighted by atomic mass is 19.1. The van der Waals surface area contributed by atoms with E-state index in [1.54, 1.807) is 6.07 Å². The predicted octanol–water partition coefficient (Wildman–Crippen LogP) is 4.23. The molecule has 0 aromatic heterocycles. The van der Waals surface area contributed by atoms with Gasteiger partial charge in [-0.2, -0.15) is 0 Å². The molecule has 0 heterocycles. The normalized spacial score (nSPS) is 17.8. The number of phenols is 1. The Kier molecular flexibility index (Phi) is 5.03. The Balaban J connectivity index is 1.90. The zero-order chi connectivity index (χ0) is 14.6. The minimum Gasteiger partial charge on any atom is -0.508 e. The zero-order valence-electron chi connectivity index (χ0n) is 12.6. The van der Waals surface area contributed by atoms with Gasteiger partial charge in [-0.15, -0.1) is 0 Å². The molecule has 1 aliphatic rings. The van der Waals surface area contributed by atoms with Crippen molar-refractivity contribution in [1.29, 1.82) is 0 Å². The summed E-state index contributed by atoms with van der Waals surface area (Å²) in [6.45, 7) is 6.17. The largest absolute Gasteiger partial charge is 0.508 e. The van der Waals surface area contributed by atoms with E-state index in [-0.39, 0.29) is 11.6 Å². The molecule has 0 unspecified atom stereocenters. The smallest absolute Gasteiger partial charge is 0.127 e. The molecule has 1 aromatic rings. The molecule has 0 saturated heterocycles. The Bertz CT molecular complexity index is 418. The van der Waals surface area contributed by atoms with Gasteiger partial charge in [-0.1, -0.05) is 26.7 Å². The Morgan fingerprint density at radius 2 is 1.95 bits per heavy atom. The summed E-state index contributed by atoms with van der Waals surface area (Å²) in [6.07, 6.45) is 6.51. The number of benzene rings is 1. The molecule has 0 aliphatic heterocycles. The molecule has 0 amide bonds. The van der Waals surface area contributed by atoms with Gasteiger partial charge in [0.25, 0.3) is 0 Å². The average molecular weight is 279 g/mol. The molecule has 1 saturated carbocycles. The fourth-order valence-electron chi connectivity index (χ4n) is 3.65. The molecule has 0 radical (unpaired) electrons. The molecule has 0 spiro atoms. The van der Waals surface area contributed by atoms with Gasteiger partial charge in [0.2, 0.25) is 0 Å². The highest BCUT2D eigenvalue weighted by molar-refractivity contribution is 5.28. The number of halogens is 1. The van der Waals surface area contributed by atoms with E-state index in [4.69, 9.17) is 0 Å². The number of aromatic hydroxyl groups is 1. The van der Waals surface area contributed by atoms with Crippen LogP contribution in [-0.4, -0.2) is 11.7 Å². The van der Waals surface area contributed by atoms with Crippen molar-refractivity contribution in [2.24, 2.45) is 11.3 Å². The van der Waals surface area contributed by atoms with Crippen molar-refractivity contribution in [2.45, 2.75) is 52.5 Å². The molecule has 2 N–H and O–H groups in total. The van der Waals surface area contributed by atoms with Crippen molar-refractivity contribution in [3.63, 3.8) is 0 Å². The minimum atomic E-state index is -0.375. The molecular weight excluding hydrogens is 253 g/mol. The van der Waals surface area contributed by atoms with Gasteiger partial charge in [-0.25, -0.2) is 4.39 Å². The first-order valence-corrected chi connectivity index (χ1v) is 7.68. The number of nitrogens with one attached hydrogen (secondary N) is 1. The molecule has 20 heavy (non-hydrogen) atoms. The van der Waals surface area contributed by atoms with E-state index in [1.165, 1.54) is 38.2 Å². The summed E-state index contributed by atoms with van der Waals surface area (Å²) in [7, 11) is 0. The van der Waals surface area contributed by atoms with Crippen LogP contribution < -0.4 is 5.32 Å². The Morgan fingerprint density at radius 1 is 1.25 bits per heavy atom. The van der Waals surface area contributed by atoms with E-state index < -0.39 is 0 Å². The first kappa shape index (κ1) is 15.3. The van der Waals surface area contributed by atoms with Gasteiger partial charge >= 0.3 is 0 Å². The van der Waals surface area contributed by atoms with Gasteiger partial charge in [0.15, 0.2) is 0 Å². The maximum absolute atomic E-state index is 13.2. The van der Waals surface area contributed by atoms with Gasteiger partial charge in [0, 0.05) is 19.2 Å². The predicted molar refractivity (Wildman–Crippen MR) is 80.1 cm³/mol. The molecule has 0 atom stereocenters. The third kappa shape index (κ3) is 4.20. The maximum Gasteiger partial charge on any atom is 0.127 e. The first-order chi connectivity index (χ1) is 9.49. The summed E-state index contributed by atoms with van der Waals surface area (Å²) in [4.78, 5) is 0. The van der Waals surface area contributed by atoms with Crippen LogP contribution in [0.3, 0.4) is 0 Å². The van der Waals surface area contributed by atoms with Crippen LogP contribution in [0, 0.1) is 17.2 Å². The van der Waals surface area contributed by atoms with E-state index >= 15 is 0 Å². The highest BCUT2D eigenvalue weighted by Gasteiger charge is 2.33. The van der Waals surface area contributed by atoms with Crippen LogP contribution in [0.15, 0.2) is 18.2 Å². The third-order valence-corrected chi connectivity index (χ3v) is 4.28. The summed E-state index contributed by atoms with van der Waals surface area (Å²) < 4.78 is 13.2. The highest BCUT2D eigenvalue weighted by Crippen LogP contribution is 2.42. The van der Waals surface area contributed by atoms with E-state index in [2.05, 4.69) is 19.2 Å². The van der Waals surface area contributed by atoms with E-state index in [9.17, 15) is 9.50 Å². The quantitative estimate of drug-likeness (QED) is 0.817. The maximum atomic E-state index is 13.2. The van der Waals surface area contributed by atoms with Gasteiger partial charge < -0.3 is 10.4 Å². The Morgan fingerprint density at radius 3 is 2.55 bits per heavy atom. The van der Waals surface area contributed by atoms with Gasteiger partial charge in [-0.05, 0) is 48.3 Å². The topological polar surface area (TPSA) is 32.3 Å². The molecule has 0 bridgehead atoms. The average Bonchev–Trinajstić information content (AvgIpc) is 2.75. The van der Waals surface area contributed by atoms with Gasteiger partial charge in [-0.3, -0.25) is 0 Å². The number of hydrogen-bond acceptors (Lipinski definition) is 2. The van der Waals surface area contributed by atoms with E-state index in [0.29, 0.717) is 17.9 Å². The van der Waals surface area contributed by atoms with Crippen LogP contribution in [0.5, 0.6) is 5.75 Å². The fourth-order valence-corrected chi connectivity index (χ4v) is 3.65. The summed E-state index contributed by atoms with van der Waals surface area (Å²) in [5.74, 6) is 0.340. The van der Waals surface area contributed by atoms with Crippen molar-refractivity contribution in [3.05, 3.63) is 29.6 Å². The van der Waals surface area contributed by atoms with Crippen molar-refractivity contribution >= 4 is 0 Å². The lowest BCUT2D eigenvalue weighted by Crippen LogP contribution is -2.33. The molecule has 3 heteroatoms. The van der Waals surface area contributed by atoms with Crippen LogP contribution in [0.2, 0.25) is 0 Å². The van der Waals surface area contributed by atoms with Gasteiger partial charge in [0.1, 0.15) is 11.6 Å². The third-order valence-electron chi connectivity index (χ3n) is 4.28. The molecule has 1 aliphatic carbocycles. The number of phenolic OH excluding ortho intramolecular Hbond substituents is 1. The van der Waals surface area contributed by atoms with Crippen LogP contribution in [0.4, 0.5) is 4.39 Å². The lowest BCUT2D eigenvalue weighted by atomic mass is 9.78. The van der Waals surface area contributed by atoms with Gasteiger partial charge in [0.05, 0.1) is 0 Å². The van der Waals surface area contributed by atoms with Crippen LogP contribution in [-0.2, 0) is 6.54 Å². The molecular formula is C17H26FNO. The second kappa shape index (κ2) is 6.57. The standard InChI is InChI=1S/C17H26FNO/c1-13(2)10-17(5-3-4-6-17)12-19-11-14-7-15(18)9-16(20)8-14/h7-9,13,19-20H,3-6,10-12H2,1-2H3. The summed E-state index contributed by atoms with van der Waals surface area (Å²) in [5, 5.41) is 12.9. The monoisotopic (exact) mass is 279 g/mol. The van der Waals surface area contributed by atoms with Crippen molar-refractivity contribution in [1.82, 2.24) is 5.32 Å². The molecule has 1 fully saturated rings. The molecule has 2 rings (SSSR count). The summed E-state index contributed by atoms with van der Waals surface area (Å²) in [5.41, 5.74) is 1.23. The van der Waals surface area contributed by atoms with Crippen molar-refractivity contribution < 1.29 is 9.50 Å². The minimum absolute atomic E-state index is 0.000407. The van der Waals surface area contributed by atoms with Crippen molar-refractivity contribution in [3.8, 4) is 5.75 Å².